The quantitative estimate of drug-likeness (QED) is 0.236. The average Bonchev–Trinajstić information content (AvgIpc) is 3.32. The van der Waals surface area contributed by atoms with Crippen LogP contribution in [-0.2, 0) is 11.2 Å². The minimum absolute atomic E-state index is 0.0319. The number of nitrogens with one attached hydrogen (secondary N) is 1. The Morgan fingerprint density at radius 3 is 2.49 bits per heavy atom. The van der Waals surface area contributed by atoms with E-state index in [4.69, 9.17) is 12.2 Å². The van der Waals surface area contributed by atoms with Crippen molar-refractivity contribution < 1.29 is 4.79 Å². The van der Waals surface area contributed by atoms with E-state index >= 15 is 0 Å². The largest absolute Gasteiger partial charge is 0.369 e. The first-order chi connectivity index (χ1) is 16.8. The van der Waals surface area contributed by atoms with Gasteiger partial charge in [-0.2, -0.15) is 0 Å². The molecule has 9 heteroatoms. The van der Waals surface area contributed by atoms with Gasteiger partial charge in [0, 0.05) is 88.3 Å². The first-order valence-electron chi connectivity index (χ1n) is 12.0. The smallest absolute Gasteiger partial charge is 0.252 e. The third kappa shape index (κ3) is 3.89. The maximum atomic E-state index is 13.6. The van der Waals surface area contributed by atoms with Gasteiger partial charge in [0.25, 0.3) is 5.91 Å². The van der Waals surface area contributed by atoms with E-state index in [1.54, 1.807) is 4.90 Å². The van der Waals surface area contributed by atoms with E-state index in [2.05, 4.69) is 99.2 Å². The summed E-state index contributed by atoms with van der Waals surface area (Å²) in [5.41, 5.74) is 5.85. The molecule has 2 fully saturated rings. The fraction of sp³-hybridized carbons (Fsp3) is 0.385. The monoisotopic (exact) mass is 663 g/mol. The predicted molar refractivity (Wildman–Crippen MR) is 156 cm³/mol. The molecule has 182 valence electrons. The molecule has 1 aromatic heterocycles. The lowest BCUT2D eigenvalue weighted by atomic mass is 9.89. The lowest BCUT2D eigenvalue weighted by Crippen LogP contribution is -2.44. The summed E-state index contributed by atoms with van der Waals surface area (Å²) >= 11 is 12.0. The maximum absolute atomic E-state index is 13.6. The summed E-state index contributed by atoms with van der Waals surface area (Å²) in [5.74, 6) is 0.110. The van der Waals surface area contributed by atoms with Crippen LogP contribution in [0.3, 0.4) is 0 Å². The van der Waals surface area contributed by atoms with Crippen LogP contribution >= 0.6 is 51.0 Å². The number of piperazine rings is 1. The highest BCUT2D eigenvalue weighted by molar-refractivity contribution is 14.1. The van der Waals surface area contributed by atoms with Gasteiger partial charge < -0.3 is 14.8 Å². The number of H-pyrrole nitrogens is 1. The zero-order valence-corrected chi connectivity index (χ0v) is 24.2. The van der Waals surface area contributed by atoms with Gasteiger partial charge >= 0.3 is 0 Å². The SMILES string of the molecule is CC(C)N1C(=O)C2Cc3c([nH]c4ccc(Br)cc34)C(c3ccc(N4CCN(I)CC4)cc3)N2C1=S. The van der Waals surface area contributed by atoms with E-state index in [0.29, 0.717) is 11.5 Å². The van der Waals surface area contributed by atoms with Crippen molar-refractivity contribution >= 4 is 78.6 Å². The number of aromatic nitrogens is 1. The molecule has 0 aliphatic carbocycles. The summed E-state index contributed by atoms with van der Waals surface area (Å²) in [6, 6.07) is 14.8. The van der Waals surface area contributed by atoms with Gasteiger partial charge in [0.1, 0.15) is 6.04 Å². The molecular formula is C26H27BrIN5OS. The third-order valence-electron chi connectivity index (χ3n) is 7.45. The summed E-state index contributed by atoms with van der Waals surface area (Å²) in [4.78, 5) is 23.7. The number of hydrogen-bond donors (Lipinski definition) is 1. The van der Waals surface area contributed by atoms with Crippen molar-refractivity contribution in [1.29, 1.82) is 0 Å². The van der Waals surface area contributed by atoms with Crippen LogP contribution in [-0.4, -0.2) is 67.2 Å². The van der Waals surface area contributed by atoms with Crippen molar-refractivity contribution in [2.75, 3.05) is 31.1 Å². The first kappa shape index (κ1) is 23.7. The number of rotatable bonds is 3. The Kier molecular flexibility index (Phi) is 6.10. The van der Waals surface area contributed by atoms with Crippen LogP contribution in [0.4, 0.5) is 5.69 Å². The Bertz CT molecular complexity index is 1320. The number of benzene rings is 2. The molecule has 2 atom stereocenters. The molecule has 0 saturated carbocycles. The van der Waals surface area contributed by atoms with Gasteiger partial charge in [-0.3, -0.25) is 9.69 Å². The summed E-state index contributed by atoms with van der Waals surface area (Å²) in [7, 11) is 0. The Labute approximate surface area is 233 Å². The number of carbonyl (C=O) groups excluding carboxylic acids is 1. The number of fused-ring (bicyclic) bond motifs is 4. The molecule has 2 aromatic carbocycles. The van der Waals surface area contributed by atoms with Crippen molar-refractivity contribution in [2.45, 2.75) is 38.4 Å². The van der Waals surface area contributed by atoms with Gasteiger partial charge in [-0.25, -0.2) is 3.11 Å². The summed E-state index contributed by atoms with van der Waals surface area (Å²) in [6.07, 6.45) is 0.656. The third-order valence-corrected chi connectivity index (χ3v) is 9.32. The van der Waals surface area contributed by atoms with E-state index in [9.17, 15) is 4.79 Å². The van der Waals surface area contributed by atoms with Gasteiger partial charge in [0.2, 0.25) is 0 Å². The zero-order chi connectivity index (χ0) is 24.4. The number of aromatic amines is 1. The Balaban J connectivity index is 1.45. The van der Waals surface area contributed by atoms with E-state index < -0.39 is 0 Å². The molecule has 0 spiro atoms. The van der Waals surface area contributed by atoms with Crippen molar-refractivity contribution in [2.24, 2.45) is 0 Å². The van der Waals surface area contributed by atoms with Crippen LogP contribution in [0.15, 0.2) is 46.9 Å². The lowest BCUT2D eigenvalue weighted by Gasteiger charge is -2.38. The molecule has 35 heavy (non-hydrogen) atoms. The number of anilines is 1. The second-order valence-electron chi connectivity index (χ2n) is 9.81. The van der Waals surface area contributed by atoms with Gasteiger partial charge in [0.05, 0.1) is 6.04 Å². The van der Waals surface area contributed by atoms with Gasteiger partial charge in [-0.15, -0.1) is 0 Å². The van der Waals surface area contributed by atoms with Crippen molar-refractivity contribution in [1.82, 2.24) is 17.9 Å². The van der Waals surface area contributed by atoms with Crippen molar-refractivity contribution in [3.8, 4) is 0 Å². The van der Waals surface area contributed by atoms with Crippen LogP contribution in [0.25, 0.3) is 10.9 Å². The van der Waals surface area contributed by atoms with Crippen LogP contribution in [0.1, 0.15) is 36.7 Å². The molecule has 0 radical (unpaired) electrons. The van der Waals surface area contributed by atoms with E-state index in [0.717, 1.165) is 47.4 Å². The van der Waals surface area contributed by atoms with Crippen LogP contribution < -0.4 is 4.90 Å². The van der Waals surface area contributed by atoms with Crippen LogP contribution in [0.2, 0.25) is 0 Å². The van der Waals surface area contributed by atoms with E-state index in [-0.39, 0.29) is 24.0 Å². The second-order valence-corrected chi connectivity index (χ2v) is 12.5. The van der Waals surface area contributed by atoms with E-state index in [1.807, 2.05) is 13.8 Å². The average molecular weight is 664 g/mol. The minimum Gasteiger partial charge on any atom is -0.369 e. The molecule has 6 nitrogen and oxygen atoms in total. The first-order valence-corrected chi connectivity index (χ1v) is 14.2. The normalized spacial score (nSPS) is 22.9. The number of thiocarbonyl (C=S) groups is 1. The molecule has 2 saturated heterocycles. The molecule has 0 bridgehead atoms. The highest BCUT2D eigenvalue weighted by Crippen LogP contribution is 2.45. The molecule has 2 unspecified atom stereocenters. The van der Waals surface area contributed by atoms with Gasteiger partial charge in [-0.1, -0.05) is 28.1 Å². The molecule has 4 heterocycles. The lowest BCUT2D eigenvalue weighted by molar-refractivity contribution is -0.129. The number of hydrogen-bond acceptors (Lipinski definition) is 4. The fourth-order valence-electron chi connectivity index (χ4n) is 5.74. The van der Waals surface area contributed by atoms with Crippen LogP contribution in [0, 0.1) is 0 Å². The number of halogens is 2. The zero-order valence-electron chi connectivity index (χ0n) is 19.7. The standard InChI is InChI=1S/C26H27BrIN5OS/c1-15(2)32-25(34)22-14-20-19-13-17(27)5-8-21(19)29-23(20)24(33(22)26(32)35)16-3-6-18(7-4-16)30-9-11-31(28)12-10-30/h3-8,13,15,22,24,29H,9-12,14H2,1-2H3. The second kappa shape index (κ2) is 9.00. The van der Waals surface area contributed by atoms with Crippen molar-refractivity contribution in [3.05, 3.63) is 63.8 Å². The fourth-order valence-corrected chi connectivity index (χ4v) is 7.07. The summed E-state index contributed by atoms with van der Waals surface area (Å²) in [5, 5.41) is 1.81. The molecule has 6 rings (SSSR count). The Hall–Kier alpha value is -1.69. The highest BCUT2D eigenvalue weighted by Gasteiger charge is 2.51. The minimum atomic E-state index is -0.281. The number of nitrogens with zero attached hydrogens (tertiary/aromatic N) is 4. The Morgan fingerprint density at radius 2 is 1.80 bits per heavy atom. The molecule has 1 amide bonds. The topological polar surface area (TPSA) is 45.8 Å². The maximum Gasteiger partial charge on any atom is 0.252 e. The molecule has 1 N–H and O–H groups in total. The van der Waals surface area contributed by atoms with Crippen molar-refractivity contribution in [3.63, 3.8) is 0 Å². The van der Waals surface area contributed by atoms with E-state index in [1.165, 1.54) is 16.6 Å². The molecule has 3 aromatic rings. The number of carbonyl (C=O) groups is 1. The van der Waals surface area contributed by atoms with Crippen LogP contribution in [0.5, 0.6) is 0 Å². The molecule has 3 aliphatic heterocycles. The molecular weight excluding hydrogens is 637 g/mol. The number of amides is 1. The highest BCUT2D eigenvalue weighted by atomic mass is 127. The Morgan fingerprint density at radius 1 is 1.09 bits per heavy atom. The van der Waals surface area contributed by atoms with Gasteiger partial charge in [-0.05, 0) is 67.5 Å². The molecule has 3 aliphatic rings. The predicted octanol–water partition coefficient (Wildman–Crippen LogP) is 5.25. The summed E-state index contributed by atoms with van der Waals surface area (Å²) < 4.78 is 3.38. The summed E-state index contributed by atoms with van der Waals surface area (Å²) in [6.45, 7) is 8.26. The van der Waals surface area contributed by atoms with Gasteiger partial charge in [0.15, 0.2) is 5.11 Å².